The van der Waals surface area contributed by atoms with E-state index >= 15 is 0 Å². The third kappa shape index (κ3) is 5.00. The summed E-state index contributed by atoms with van der Waals surface area (Å²) in [5.41, 5.74) is 4.35. The predicted octanol–water partition coefficient (Wildman–Crippen LogP) is 3.87. The molecule has 0 unspecified atom stereocenters. The number of hydrogen-bond acceptors (Lipinski definition) is 5. The van der Waals surface area contributed by atoms with Crippen LogP contribution in [0.15, 0.2) is 48.0 Å². The molecule has 0 saturated carbocycles. The molecule has 0 bridgehead atoms. The van der Waals surface area contributed by atoms with Gasteiger partial charge in [-0.2, -0.15) is 0 Å². The van der Waals surface area contributed by atoms with Crippen LogP contribution in [0.5, 0.6) is 11.5 Å². The number of ketones is 1. The van der Waals surface area contributed by atoms with Gasteiger partial charge >= 0.3 is 0 Å². The highest BCUT2D eigenvalue weighted by Crippen LogP contribution is 2.36. The van der Waals surface area contributed by atoms with Crippen LogP contribution in [0.1, 0.15) is 55.8 Å². The summed E-state index contributed by atoms with van der Waals surface area (Å²) in [5, 5.41) is 2.20. The van der Waals surface area contributed by atoms with Gasteiger partial charge in [0, 0.05) is 36.6 Å². The molecule has 2 saturated heterocycles. The van der Waals surface area contributed by atoms with Gasteiger partial charge in [0.05, 0.1) is 19.3 Å². The molecule has 36 heavy (non-hydrogen) atoms. The van der Waals surface area contributed by atoms with Gasteiger partial charge in [0.2, 0.25) is 0 Å². The van der Waals surface area contributed by atoms with Gasteiger partial charge in [-0.3, -0.25) is 9.69 Å². The second-order valence-corrected chi connectivity index (χ2v) is 10.3. The summed E-state index contributed by atoms with van der Waals surface area (Å²) in [4.78, 5) is 15.4. The number of rotatable bonds is 5. The monoisotopic (exact) mass is 485 g/mol. The van der Waals surface area contributed by atoms with Gasteiger partial charge in [0.1, 0.15) is 18.1 Å². The lowest BCUT2D eigenvalue weighted by Gasteiger charge is -2.28. The topological polar surface area (TPSA) is 48.0 Å². The van der Waals surface area contributed by atoms with E-state index in [2.05, 4.69) is 35.2 Å². The van der Waals surface area contributed by atoms with Gasteiger partial charge in [-0.1, -0.05) is 43.2 Å². The Kier molecular flexibility index (Phi) is 6.93. The van der Waals surface area contributed by atoms with Crippen LogP contribution in [0, 0.1) is 0 Å². The smallest absolute Gasteiger partial charge is 0.160 e. The summed E-state index contributed by atoms with van der Waals surface area (Å²) in [6.07, 6.45) is 11.3. The van der Waals surface area contributed by atoms with E-state index in [0.29, 0.717) is 26.1 Å². The molecule has 3 aliphatic heterocycles. The normalized spacial score (nSPS) is 22.1. The summed E-state index contributed by atoms with van der Waals surface area (Å²) in [6.45, 7) is 5.25. The molecule has 3 heterocycles. The number of nitrogens with zero attached hydrogens (tertiary/aromatic N) is 1. The lowest BCUT2D eigenvalue weighted by molar-refractivity contribution is -0.114. The first-order valence-corrected chi connectivity index (χ1v) is 13.5. The fourth-order valence-electron chi connectivity index (χ4n) is 5.93. The molecule has 2 aromatic rings. The molecule has 1 atom stereocenters. The second kappa shape index (κ2) is 10.6. The van der Waals surface area contributed by atoms with Crippen LogP contribution in [0.25, 0.3) is 11.6 Å². The Morgan fingerprint density at radius 3 is 2.67 bits per heavy atom. The van der Waals surface area contributed by atoms with Crippen molar-refractivity contribution in [1.29, 1.82) is 0 Å². The molecule has 0 amide bonds. The van der Waals surface area contributed by atoms with Crippen LogP contribution in [0.3, 0.4) is 0 Å². The summed E-state index contributed by atoms with van der Waals surface area (Å²) in [6, 6.07) is 12.5. The zero-order valence-electron chi connectivity index (χ0n) is 21.0. The van der Waals surface area contributed by atoms with Crippen LogP contribution in [0.4, 0.5) is 0 Å². The van der Waals surface area contributed by atoms with Crippen LogP contribution in [-0.2, 0) is 16.0 Å². The van der Waals surface area contributed by atoms with Gasteiger partial charge in [-0.25, -0.2) is 0 Å². The molecule has 0 radical (unpaired) electrons. The van der Waals surface area contributed by atoms with E-state index in [1.165, 1.54) is 38.8 Å². The maximum Gasteiger partial charge on any atom is 0.160 e. The van der Waals surface area contributed by atoms with E-state index in [9.17, 15) is 4.79 Å². The lowest BCUT2D eigenvalue weighted by Crippen LogP contribution is -2.29. The summed E-state index contributed by atoms with van der Waals surface area (Å²) in [7, 11) is 0. The molecule has 1 aliphatic carbocycles. The maximum atomic E-state index is 12.9. The van der Waals surface area contributed by atoms with Gasteiger partial charge in [0.15, 0.2) is 5.78 Å². The fourth-order valence-corrected chi connectivity index (χ4v) is 5.93. The van der Waals surface area contributed by atoms with E-state index in [-0.39, 0.29) is 11.9 Å². The van der Waals surface area contributed by atoms with E-state index in [0.717, 1.165) is 63.8 Å². The molecule has 4 aliphatic rings. The van der Waals surface area contributed by atoms with E-state index in [1.54, 1.807) is 0 Å². The van der Waals surface area contributed by atoms with E-state index in [1.807, 2.05) is 18.2 Å². The van der Waals surface area contributed by atoms with Crippen molar-refractivity contribution in [2.45, 2.75) is 51.0 Å². The first-order chi connectivity index (χ1) is 17.7. The molecule has 2 fully saturated rings. The predicted molar refractivity (Wildman–Crippen MR) is 141 cm³/mol. The number of hydrogen-bond donors (Lipinski definition) is 0. The minimum atomic E-state index is -0.0669. The molecular formula is C31H35NO4. The number of carbonyl (C=O) groups excluding carboxylic acids is 1. The van der Waals surface area contributed by atoms with Crippen LogP contribution in [0.2, 0.25) is 0 Å². The first-order valence-electron chi connectivity index (χ1n) is 13.5. The Morgan fingerprint density at radius 1 is 1.00 bits per heavy atom. The molecule has 5 heteroatoms. The van der Waals surface area contributed by atoms with Crippen molar-refractivity contribution in [3.8, 4) is 11.5 Å². The molecule has 0 N–H and O–H groups in total. The van der Waals surface area contributed by atoms with Gasteiger partial charge in [-0.05, 0) is 66.1 Å². The summed E-state index contributed by atoms with van der Waals surface area (Å²) in [5.74, 6) is 1.91. The summed E-state index contributed by atoms with van der Waals surface area (Å²) >= 11 is 0. The van der Waals surface area contributed by atoms with Crippen molar-refractivity contribution < 1.29 is 19.0 Å². The van der Waals surface area contributed by atoms with Crippen LogP contribution in [-0.4, -0.2) is 50.1 Å². The number of carbonyl (C=O) groups is 1. The summed E-state index contributed by atoms with van der Waals surface area (Å²) < 4.78 is 18.4. The molecular weight excluding hydrogens is 450 g/mol. The molecule has 188 valence electrons. The highest BCUT2D eigenvalue weighted by Gasteiger charge is 2.28. The first kappa shape index (κ1) is 23.5. The largest absolute Gasteiger partial charge is 0.492 e. The Bertz CT molecular complexity index is 1270. The Hall–Kier alpha value is -2.89. The second-order valence-electron chi connectivity index (χ2n) is 10.3. The zero-order chi connectivity index (χ0) is 24.3. The Labute approximate surface area is 213 Å². The fraction of sp³-hybridized carbons (Fsp3) is 0.452. The number of likely N-dealkylation sites (tertiary alicyclic amines) is 1. The lowest BCUT2D eigenvalue weighted by atomic mass is 9.91. The average molecular weight is 486 g/mol. The highest BCUT2D eigenvalue weighted by atomic mass is 16.5. The van der Waals surface area contributed by atoms with E-state index in [4.69, 9.17) is 14.2 Å². The van der Waals surface area contributed by atoms with Crippen molar-refractivity contribution in [3.63, 3.8) is 0 Å². The van der Waals surface area contributed by atoms with Gasteiger partial charge in [-0.15, -0.1) is 0 Å². The minimum Gasteiger partial charge on any atom is -0.492 e. The van der Waals surface area contributed by atoms with Crippen molar-refractivity contribution in [3.05, 3.63) is 69.6 Å². The molecule has 0 aromatic heterocycles. The molecule has 2 aromatic carbocycles. The quantitative estimate of drug-likeness (QED) is 0.644. The molecule has 0 spiro atoms. The average Bonchev–Trinajstić information content (AvgIpc) is 3.25. The van der Waals surface area contributed by atoms with Crippen molar-refractivity contribution in [1.82, 2.24) is 4.90 Å². The maximum absolute atomic E-state index is 12.9. The Balaban J connectivity index is 1.15. The zero-order valence-corrected chi connectivity index (χ0v) is 21.0. The SMILES string of the molecule is O=C1C=C2C[C@@H](c3ccc(OCCN4CCCCCC4)cc3)OCC2=c2ccc3c(c2C1)OCCC=3. The molecule has 5 nitrogen and oxygen atoms in total. The number of benzene rings is 2. The number of fused-ring (bicyclic) bond motifs is 4. The van der Waals surface area contributed by atoms with Crippen LogP contribution < -0.4 is 19.9 Å². The number of allylic oxidation sites excluding steroid dienone is 1. The van der Waals surface area contributed by atoms with Crippen LogP contribution >= 0.6 is 0 Å². The third-order valence-electron chi connectivity index (χ3n) is 7.88. The minimum absolute atomic E-state index is 0.0669. The Morgan fingerprint density at radius 2 is 1.83 bits per heavy atom. The standard InChI is InChI=1S/C31H35NO4/c33-25-18-24-19-30(22-7-10-26(11-8-22)34-17-15-32-13-3-1-2-4-14-32)36-21-29(24)27-12-9-23-6-5-16-35-31(23)28(27)20-25/h6-12,18,30H,1-5,13-17,19-21H2/t30-/m0/s1. The van der Waals surface area contributed by atoms with Gasteiger partial charge < -0.3 is 14.2 Å². The number of ether oxygens (including phenoxy) is 3. The van der Waals surface area contributed by atoms with Gasteiger partial charge in [0.25, 0.3) is 0 Å². The van der Waals surface area contributed by atoms with Crippen molar-refractivity contribution in [2.24, 2.45) is 0 Å². The third-order valence-corrected chi connectivity index (χ3v) is 7.88. The van der Waals surface area contributed by atoms with E-state index < -0.39 is 0 Å². The molecule has 6 rings (SSSR count). The van der Waals surface area contributed by atoms with Crippen molar-refractivity contribution in [2.75, 3.05) is 39.5 Å². The highest BCUT2D eigenvalue weighted by molar-refractivity contribution is 5.96. The van der Waals surface area contributed by atoms with Crippen molar-refractivity contribution >= 4 is 17.4 Å².